The van der Waals surface area contributed by atoms with Crippen molar-refractivity contribution < 1.29 is 13.2 Å². The molecule has 0 aromatic carbocycles. The fraction of sp³-hybridized carbons (Fsp3) is 0.615. The van der Waals surface area contributed by atoms with Crippen molar-refractivity contribution in [3.63, 3.8) is 0 Å². The second kappa shape index (κ2) is 6.75. The molecule has 1 saturated heterocycles. The highest BCUT2D eigenvalue weighted by Gasteiger charge is 2.30. The summed E-state index contributed by atoms with van der Waals surface area (Å²) in [5.41, 5.74) is 0. The molecular weight excluding hydrogens is 332 g/mol. The van der Waals surface area contributed by atoms with E-state index in [0.29, 0.717) is 41.4 Å². The maximum absolute atomic E-state index is 12.3. The van der Waals surface area contributed by atoms with E-state index in [0.717, 1.165) is 11.3 Å². The number of rotatable bonds is 5. The molecule has 5 nitrogen and oxygen atoms in total. The average molecular weight is 351 g/mol. The number of hydrogen-bond acceptors (Lipinski definition) is 5. The molecular formula is C13H19ClN2O3S2. The second-order valence-corrected chi connectivity index (χ2v) is 9.00. The van der Waals surface area contributed by atoms with Crippen molar-refractivity contribution in [2.75, 3.05) is 31.9 Å². The number of nitrogens with zero attached hydrogens (tertiary/aromatic N) is 2. The van der Waals surface area contributed by atoms with Crippen molar-refractivity contribution in [3.8, 4) is 0 Å². The lowest BCUT2D eigenvalue weighted by molar-refractivity contribution is 0.102. The molecule has 0 atom stereocenters. The van der Waals surface area contributed by atoms with E-state index in [2.05, 4.69) is 18.7 Å². The van der Waals surface area contributed by atoms with Crippen LogP contribution in [-0.4, -0.2) is 61.4 Å². The molecule has 0 N–H and O–H groups in total. The number of sulfonamides is 1. The molecule has 0 radical (unpaired) electrons. The van der Waals surface area contributed by atoms with E-state index in [4.69, 9.17) is 11.6 Å². The fourth-order valence-electron chi connectivity index (χ4n) is 2.29. The van der Waals surface area contributed by atoms with E-state index < -0.39 is 21.6 Å². The van der Waals surface area contributed by atoms with E-state index >= 15 is 0 Å². The van der Waals surface area contributed by atoms with Crippen LogP contribution >= 0.6 is 22.9 Å². The summed E-state index contributed by atoms with van der Waals surface area (Å²) >= 11 is 6.88. The molecule has 1 aromatic heterocycles. The zero-order valence-corrected chi connectivity index (χ0v) is 14.5. The number of hydrogen-bond donors (Lipinski definition) is 0. The van der Waals surface area contributed by atoms with Gasteiger partial charge >= 0.3 is 0 Å². The van der Waals surface area contributed by atoms with Crippen LogP contribution in [0, 0.1) is 0 Å². The number of thiophene rings is 1. The highest BCUT2D eigenvalue weighted by molar-refractivity contribution is 7.89. The van der Waals surface area contributed by atoms with Gasteiger partial charge in [-0.05, 0) is 26.0 Å². The number of Topliss-reactive ketones (excluding diaryl/α,β-unsaturated/α-hetero) is 1. The Kier molecular flexibility index (Phi) is 5.43. The van der Waals surface area contributed by atoms with Gasteiger partial charge < -0.3 is 0 Å². The minimum atomic E-state index is -3.55. The molecule has 1 fully saturated rings. The highest BCUT2D eigenvalue weighted by atomic mass is 35.5. The van der Waals surface area contributed by atoms with E-state index in [1.165, 1.54) is 4.31 Å². The van der Waals surface area contributed by atoms with Gasteiger partial charge in [-0.1, -0.05) is 11.6 Å². The highest BCUT2D eigenvalue weighted by Crippen LogP contribution is 2.22. The summed E-state index contributed by atoms with van der Waals surface area (Å²) in [7, 11) is -3.55. The number of piperazine rings is 1. The number of halogens is 1. The summed E-state index contributed by atoms with van der Waals surface area (Å²) < 4.78 is 26.5. The number of carbonyl (C=O) groups is 1. The van der Waals surface area contributed by atoms with Gasteiger partial charge in [-0.3, -0.25) is 9.69 Å². The lowest BCUT2D eigenvalue weighted by Gasteiger charge is -2.36. The fourth-order valence-corrected chi connectivity index (χ4v) is 4.75. The Labute approximate surface area is 134 Å². The van der Waals surface area contributed by atoms with Gasteiger partial charge in [0.05, 0.1) is 9.21 Å². The molecule has 0 saturated carbocycles. The van der Waals surface area contributed by atoms with Crippen LogP contribution in [0.1, 0.15) is 23.5 Å². The molecule has 0 amide bonds. The van der Waals surface area contributed by atoms with Crippen LogP contribution in [0.5, 0.6) is 0 Å². The summed E-state index contributed by atoms with van der Waals surface area (Å²) in [4.78, 5) is 14.6. The molecule has 1 aliphatic rings. The largest absolute Gasteiger partial charge is 0.298 e. The predicted molar refractivity (Wildman–Crippen MR) is 85.7 cm³/mol. The van der Waals surface area contributed by atoms with E-state index in [1.54, 1.807) is 12.1 Å². The molecule has 1 aromatic rings. The molecule has 1 aliphatic heterocycles. The van der Waals surface area contributed by atoms with Gasteiger partial charge in [-0.15, -0.1) is 11.3 Å². The monoisotopic (exact) mass is 350 g/mol. The van der Waals surface area contributed by atoms with Crippen LogP contribution in [0.3, 0.4) is 0 Å². The Hall–Kier alpha value is -0.470. The number of carbonyl (C=O) groups excluding carboxylic acids is 1. The molecule has 2 heterocycles. The minimum absolute atomic E-state index is 0.391. The first kappa shape index (κ1) is 16.9. The summed E-state index contributed by atoms with van der Waals surface area (Å²) in [6.45, 7) is 6.48. The second-order valence-electron chi connectivity index (χ2n) is 5.31. The van der Waals surface area contributed by atoms with Crippen LogP contribution in [0.2, 0.25) is 4.34 Å². The van der Waals surface area contributed by atoms with Crippen LogP contribution in [-0.2, 0) is 10.0 Å². The van der Waals surface area contributed by atoms with Crippen LogP contribution in [0.4, 0.5) is 0 Å². The van der Waals surface area contributed by atoms with Crippen LogP contribution in [0.25, 0.3) is 0 Å². The Morgan fingerprint density at radius 3 is 2.38 bits per heavy atom. The quantitative estimate of drug-likeness (QED) is 0.761. The molecule has 0 unspecified atom stereocenters. The third-order valence-electron chi connectivity index (χ3n) is 3.56. The predicted octanol–water partition coefficient (Wildman–Crippen LogP) is 1.94. The minimum Gasteiger partial charge on any atom is -0.298 e. The maximum atomic E-state index is 12.3. The smallest absolute Gasteiger partial charge is 0.221 e. The first-order chi connectivity index (χ1) is 9.79. The van der Waals surface area contributed by atoms with Gasteiger partial charge in [0.2, 0.25) is 10.0 Å². The molecule has 0 aliphatic carbocycles. The summed E-state index contributed by atoms with van der Waals surface area (Å²) in [6.07, 6.45) is 0. The molecule has 118 valence electrons. The van der Waals surface area contributed by atoms with Crippen molar-refractivity contribution >= 4 is 38.7 Å². The van der Waals surface area contributed by atoms with Gasteiger partial charge in [0.25, 0.3) is 0 Å². The zero-order chi connectivity index (χ0) is 15.6. The standard InChI is InChI=1S/C13H19ClN2O3S2/c1-10(2)15-5-7-16(8-6-15)21(18,19)9-11(17)12-3-4-13(14)20-12/h3-4,10H,5-9H2,1-2H3. The summed E-state index contributed by atoms with van der Waals surface area (Å²) in [6, 6.07) is 3.58. The summed E-state index contributed by atoms with van der Waals surface area (Å²) in [5, 5.41) is 0. The topological polar surface area (TPSA) is 57.7 Å². The lowest BCUT2D eigenvalue weighted by Crippen LogP contribution is -2.51. The third kappa shape index (κ3) is 4.26. The molecule has 21 heavy (non-hydrogen) atoms. The van der Waals surface area contributed by atoms with Crippen LogP contribution in [0.15, 0.2) is 12.1 Å². The van der Waals surface area contributed by atoms with Gasteiger partial charge in [-0.2, -0.15) is 4.31 Å². The Balaban J connectivity index is 1.98. The van der Waals surface area contributed by atoms with Gasteiger partial charge in [0, 0.05) is 32.2 Å². The van der Waals surface area contributed by atoms with E-state index in [-0.39, 0.29) is 0 Å². The molecule has 0 bridgehead atoms. The van der Waals surface area contributed by atoms with Crippen LogP contribution < -0.4 is 0 Å². The third-order valence-corrected chi connectivity index (χ3v) is 6.61. The molecule has 2 rings (SSSR count). The van der Waals surface area contributed by atoms with Crippen molar-refractivity contribution in [2.24, 2.45) is 0 Å². The maximum Gasteiger partial charge on any atom is 0.221 e. The lowest BCUT2D eigenvalue weighted by atomic mass is 10.3. The van der Waals surface area contributed by atoms with Gasteiger partial charge in [0.15, 0.2) is 5.78 Å². The summed E-state index contributed by atoms with van der Waals surface area (Å²) in [5.74, 6) is -0.871. The Bertz CT molecular complexity index is 605. The van der Waals surface area contributed by atoms with Crippen molar-refractivity contribution in [1.82, 2.24) is 9.21 Å². The van der Waals surface area contributed by atoms with Crippen molar-refractivity contribution in [2.45, 2.75) is 19.9 Å². The number of ketones is 1. The average Bonchev–Trinajstić information content (AvgIpc) is 2.85. The van der Waals surface area contributed by atoms with E-state index in [1.807, 2.05) is 0 Å². The van der Waals surface area contributed by atoms with Gasteiger partial charge in [0.1, 0.15) is 5.75 Å². The first-order valence-corrected chi connectivity index (χ1v) is 9.60. The normalized spacial score (nSPS) is 18.3. The Morgan fingerprint density at radius 2 is 1.90 bits per heavy atom. The van der Waals surface area contributed by atoms with E-state index in [9.17, 15) is 13.2 Å². The molecule has 8 heteroatoms. The van der Waals surface area contributed by atoms with Gasteiger partial charge in [-0.25, -0.2) is 8.42 Å². The first-order valence-electron chi connectivity index (χ1n) is 6.80. The van der Waals surface area contributed by atoms with Crippen molar-refractivity contribution in [1.29, 1.82) is 0 Å². The Morgan fingerprint density at radius 1 is 1.29 bits per heavy atom. The zero-order valence-electron chi connectivity index (χ0n) is 12.1. The molecule has 0 spiro atoms. The SMILES string of the molecule is CC(C)N1CCN(S(=O)(=O)CC(=O)c2ccc(Cl)s2)CC1. The van der Waals surface area contributed by atoms with Crippen molar-refractivity contribution in [3.05, 3.63) is 21.3 Å².